The third-order valence-corrected chi connectivity index (χ3v) is 2.48. The highest BCUT2D eigenvalue weighted by molar-refractivity contribution is 7.08. The second-order valence-corrected chi connectivity index (χ2v) is 3.36. The highest BCUT2D eigenvalue weighted by atomic mass is 32.1. The second kappa shape index (κ2) is 3.59. The van der Waals surface area contributed by atoms with Crippen molar-refractivity contribution in [3.63, 3.8) is 0 Å². The number of aryl methyl sites for hydroxylation is 1. The number of carbonyl (C=O) groups is 1. The van der Waals surface area contributed by atoms with E-state index in [4.69, 9.17) is 0 Å². The van der Waals surface area contributed by atoms with Gasteiger partial charge >= 0.3 is 0 Å². The molecule has 0 fully saturated rings. The molecule has 2 aromatic rings. The SMILES string of the molecule is Cc1nnsc1C(=O)c1cnccn1. The number of hydrogen-bond acceptors (Lipinski definition) is 6. The van der Waals surface area contributed by atoms with E-state index in [9.17, 15) is 4.79 Å². The summed E-state index contributed by atoms with van der Waals surface area (Å²) >= 11 is 1.07. The highest BCUT2D eigenvalue weighted by Crippen LogP contribution is 2.13. The maximum atomic E-state index is 11.8. The molecule has 14 heavy (non-hydrogen) atoms. The largest absolute Gasteiger partial charge is 0.286 e. The molecule has 0 aliphatic carbocycles. The number of aromatic nitrogens is 4. The van der Waals surface area contributed by atoms with E-state index in [0.29, 0.717) is 16.3 Å². The van der Waals surface area contributed by atoms with Gasteiger partial charge in [-0.3, -0.25) is 9.78 Å². The monoisotopic (exact) mass is 206 g/mol. The van der Waals surface area contributed by atoms with Gasteiger partial charge in [0.25, 0.3) is 0 Å². The standard InChI is InChI=1S/C8H6N4OS/c1-5-8(14-12-11-5)7(13)6-4-9-2-3-10-6/h2-4H,1H3. The third kappa shape index (κ3) is 1.51. The molecule has 0 bridgehead atoms. The quantitative estimate of drug-likeness (QED) is 0.682. The van der Waals surface area contributed by atoms with Crippen molar-refractivity contribution >= 4 is 17.3 Å². The fourth-order valence-corrected chi connectivity index (χ4v) is 1.58. The van der Waals surface area contributed by atoms with Crippen molar-refractivity contribution in [1.29, 1.82) is 0 Å². The summed E-state index contributed by atoms with van der Waals surface area (Å²) in [5, 5.41) is 3.76. The fraction of sp³-hybridized carbons (Fsp3) is 0.125. The number of ketones is 1. The topological polar surface area (TPSA) is 68.6 Å². The molecule has 2 rings (SSSR count). The van der Waals surface area contributed by atoms with Crippen molar-refractivity contribution < 1.29 is 4.79 Å². The molecule has 0 spiro atoms. The lowest BCUT2D eigenvalue weighted by atomic mass is 10.2. The zero-order valence-corrected chi connectivity index (χ0v) is 8.15. The molecule has 0 N–H and O–H groups in total. The van der Waals surface area contributed by atoms with Crippen LogP contribution >= 0.6 is 11.5 Å². The molecule has 0 amide bonds. The summed E-state index contributed by atoms with van der Waals surface area (Å²) in [6, 6.07) is 0. The number of hydrogen-bond donors (Lipinski definition) is 0. The van der Waals surface area contributed by atoms with Crippen molar-refractivity contribution in [2.45, 2.75) is 6.92 Å². The van der Waals surface area contributed by atoms with Crippen molar-refractivity contribution in [3.05, 3.63) is 34.9 Å². The van der Waals surface area contributed by atoms with Gasteiger partial charge in [0.2, 0.25) is 5.78 Å². The van der Waals surface area contributed by atoms with Crippen LogP contribution in [0.15, 0.2) is 18.6 Å². The van der Waals surface area contributed by atoms with E-state index in [2.05, 4.69) is 19.6 Å². The van der Waals surface area contributed by atoms with Gasteiger partial charge < -0.3 is 0 Å². The van der Waals surface area contributed by atoms with E-state index in [0.717, 1.165) is 11.5 Å². The average Bonchev–Trinajstić information content (AvgIpc) is 2.65. The van der Waals surface area contributed by atoms with E-state index in [1.807, 2.05) is 0 Å². The zero-order valence-electron chi connectivity index (χ0n) is 7.34. The van der Waals surface area contributed by atoms with Gasteiger partial charge in [-0.1, -0.05) is 4.49 Å². The Hall–Kier alpha value is -1.69. The summed E-state index contributed by atoms with van der Waals surface area (Å²) in [6.45, 7) is 1.74. The molecule has 2 aromatic heterocycles. The Morgan fingerprint density at radius 2 is 2.29 bits per heavy atom. The number of rotatable bonds is 2. The van der Waals surface area contributed by atoms with E-state index >= 15 is 0 Å². The molecule has 0 saturated carbocycles. The summed E-state index contributed by atoms with van der Waals surface area (Å²) in [5.41, 5.74) is 0.951. The lowest BCUT2D eigenvalue weighted by Crippen LogP contribution is -2.03. The summed E-state index contributed by atoms with van der Waals surface area (Å²) in [7, 11) is 0. The van der Waals surface area contributed by atoms with Gasteiger partial charge in [0.1, 0.15) is 10.6 Å². The molecule has 6 heteroatoms. The minimum atomic E-state index is -0.175. The highest BCUT2D eigenvalue weighted by Gasteiger charge is 2.16. The van der Waals surface area contributed by atoms with Crippen LogP contribution in [0.1, 0.15) is 21.1 Å². The molecule has 0 saturated heterocycles. The third-order valence-electron chi connectivity index (χ3n) is 1.65. The Balaban J connectivity index is 2.39. The van der Waals surface area contributed by atoms with E-state index in [1.165, 1.54) is 18.6 Å². The summed E-state index contributed by atoms with van der Waals surface area (Å²) in [5.74, 6) is -0.175. The van der Waals surface area contributed by atoms with Crippen LogP contribution in [0.2, 0.25) is 0 Å². The van der Waals surface area contributed by atoms with Gasteiger partial charge in [-0.15, -0.1) is 5.10 Å². The zero-order chi connectivity index (χ0) is 9.97. The Bertz CT molecular complexity index is 453. The van der Waals surface area contributed by atoms with Crippen LogP contribution in [-0.2, 0) is 0 Å². The smallest absolute Gasteiger partial charge is 0.226 e. The molecule has 70 valence electrons. The maximum absolute atomic E-state index is 11.8. The molecule has 0 radical (unpaired) electrons. The van der Waals surface area contributed by atoms with Crippen molar-refractivity contribution in [2.75, 3.05) is 0 Å². The predicted octanol–water partition coefficient (Wildman–Crippen LogP) is 0.868. The average molecular weight is 206 g/mol. The normalized spacial score (nSPS) is 10.1. The number of nitrogens with zero attached hydrogens (tertiary/aromatic N) is 4. The Morgan fingerprint density at radius 1 is 1.43 bits per heavy atom. The van der Waals surface area contributed by atoms with Crippen LogP contribution in [0.25, 0.3) is 0 Å². The Morgan fingerprint density at radius 3 is 2.86 bits per heavy atom. The minimum absolute atomic E-state index is 0.175. The van der Waals surface area contributed by atoms with E-state index in [-0.39, 0.29) is 5.78 Å². The molecule has 0 aromatic carbocycles. The van der Waals surface area contributed by atoms with Crippen molar-refractivity contribution in [2.24, 2.45) is 0 Å². The van der Waals surface area contributed by atoms with Gasteiger partial charge in [-0.25, -0.2) is 4.98 Å². The molecule has 2 heterocycles. The summed E-state index contributed by atoms with van der Waals surface area (Å²) in [6.07, 6.45) is 4.44. The summed E-state index contributed by atoms with van der Waals surface area (Å²) < 4.78 is 3.69. The van der Waals surface area contributed by atoms with Crippen LogP contribution in [0.5, 0.6) is 0 Å². The number of carbonyl (C=O) groups excluding carboxylic acids is 1. The first kappa shape index (κ1) is 8.89. The lowest BCUT2D eigenvalue weighted by molar-refractivity contribution is 0.103. The molecule has 0 aliphatic heterocycles. The van der Waals surface area contributed by atoms with Gasteiger partial charge in [0.05, 0.1) is 11.9 Å². The Kier molecular flexibility index (Phi) is 2.28. The Labute approximate surface area is 84.0 Å². The van der Waals surface area contributed by atoms with Gasteiger partial charge in [0, 0.05) is 12.4 Å². The second-order valence-electron chi connectivity index (χ2n) is 2.61. The van der Waals surface area contributed by atoms with Crippen molar-refractivity contribution in [1.82, 2.24) is 19.6 Å². The van der Waals surface area contributed by atoms with E-state index < -0.39 is 0 Å². The molecular formula is C8H6N4OS. The molecule has 0 unspecified atom stereocenters. The molecule has 5 nitrogen and oxygen atoms in total. The van der Waals surface area contributed by atoms with Gasteiger partial charge in [-0.05, 0) is 18.5 Å². The lowest BCUT2D eigenvalue weighted by Gasteiger charge is -1.94. The van der Waals surface area contributed by atoms with Crippen LogP contribution < -0.4 is 0 Å². The summed E-state index contributed by atoms with van der Waals surface area (Å²) in [4.78, 5) is 20.0. The molecule has 0 atom stereocenters. The van der Waals surface area contributed by atoms with Crippen LogP contribution in [0.3, 0.4) is 0 Å². The first-order chi connectivity index (χ1) is 6.79. The van der Waals surface area contributed by atoms with E-state index in [1.54, 1.807) is 6.92 Å². The minimum Gasteiger partial charge on any atom is -0.286 e. The molecular weight excluding hydrogens is 200 g/mol. The predicted molar refractivity (Wildman–Crippen MR) is 50.1 cm³/mol. The van der Waals surface area contributed by atoms with Gasteiger partial charge in [-0.2, -0.15) is 0 Å². The van der Waals surface area contributed by atoms with Gasteiger partial charge in [0.15, 0.2) is 0 Å². The van der Waals surface area contributed by atoms with Crippen molar-refractivity contribution in [3.8, 4) is 0 Å². The molecule has 0 aliphatic rings. The maximum Gasteiger partial charge on any atom is 0.226 e. The van der Waals surface area contributed by atoms with Crippen LogP contribution in [0, 0.1) is 6.92 Å². The van der Waals surface area contributed by atoms with Crippen LogP contribution in [0.4, 0.5) is 0 Å². The van der Waals surface area contributed by atoms with Crippen LogP contribution in [-0.4, -0.2) is 25.3 Å². The first-order valence-corrected chi connectivity index (χ1v) is 4.66. The fourth-order valence-electron chi connectivity index (χ4n) is 0.972. The first-order valence-electron chi connectivity index (χ1n) is 3.88.